The zero-order valence-electron chi connectivity index (χ0n) is 17.8. The molecule has 32 heavy (non-hydrogen) atoms. The highest BCUT2D eigenvalue weighted by Gasteiger charge is 2.27. The van der Waals surface area contributed by atoms with E-state index in [4.69, 9.17) is 11.6 Å². The van der Waals surface area contributed by atoms with Crippen molar-refractivity contribution in [3.05, 3.63) is 99.0 Å². The van der Waals surface area contributed by atoms with E-state index in [0.29, 0.717) is 10.6 Å². The van der Waals surface area contributed by atoms with Crippen molar-refractivity contribution >= 4 is 43.5 Å². The Hall–Kier alpha value is -2.19. The van der Waals surface area contributed by atoms with Crippen LogP contribution in [0.2, 0.25) is 5.02 Å². The highest BCUT2D eigenvalue weighted by atomic mass is 79.9. The lowest BCUT2D eigenvalue weighted by Gasteiger charge is -2.23. The van der Waals surface area contributed by atoms with E-state index in [0.717, 1.165) is 15.6 Å². The summed E-state index contributed by atoms with van der Waals surface area (Å²) in [7, 11) is -3.91. The first kappa shape index (κ1) is 24.5. The van der Waals surface area contributed by atoms with Crippen LogP contribution in [0.5, 0.6) is 0 Å². The van der Waals surface area contributed by atoms with Crippen molar-refractivity contribution in [2.75, 3.05) is 6.54 Å². The molecule has 1 N–H and O–H groups in total. The normalized spacial score (nSPS) is 12.5. The average Bonchev–Trinajstić information content (AvgIpc) is 2.73. The molecule has 0 heterocycles. The molecule has 0 bridgehead atoms. The molecular formula is C24H24BrClN2O3S. The van der Waals surface area contributed by atoms with Crippen LogP contribution in [-0.2, 0) is 21.4 Å². The summed E-state index contributed by atoms with van der Waals surface area (Å²) in [6, 6.07) is 20.9. The van der Waals surface area contributed by atoms with Crippen LogP contribution in [0.1, 0.15) is 29.7 Å². The van der Waals surface area contributed by atoms with Gasteiger partial charge in [0.2, 0.25) is 15.9 Å². The molecule has 0 saturated carbocycles. The number of halogens is 2. The van der Waals surface area contributed by atoms with Gasteiger partial charge >= 0.3 is 0 Å². The number of nitrogens with one attached hydrogen (secondary N) is 1. The van der Waals surface area contributed by atoms with E-state index in [1.54, 1.807) is 48.5 Å². The lowest BCUT2D eigenvalue weighted by molar-refractivity contribution is -0.122. The predicted octanol–water partition coefficient (Wildman–Crippen LogP) is 5.48. The zero-order chi connectivity index (χ0) is 23.3. The highest BCUT2D eigenvalue weighted by molar-refractivity contribution is 9.10. The number of carbonyl (C=O) groups is 1. The minimum Gasteiger partial charge on any atom is -0.348 e. The minimum atomic E-state index is -3.91. The molecule has 168 valence electrons. The zero-order valence-corrected chi connectivity index (χ0v) is 20.9. The molecule has 0 unspecified atom stereocenters. The monoisotopic (exact) mass is 534 g/mol. The van der Waals surface area contributed by atoms with E-state index in [1.165, 1.54) is 4.31 Å². The summed E-state index contributed by atoms with van der Waals surface area (Å²) in [5.41, 5.74) is 2.56. The standard InChI is InChI=1S/C24H24BrClN2O3S/c1-17-9-11-23(12-10-17)32(30,31)28(15-19-5-3-8-22(26)13-19)16-24(29)27-18(2)20-6-4-7-21(25)14-20/h3-14,18H,15-16H2,1-2H3,(H,27,29)/t18-/m1/s1. The van der Waals surface area contributed by atoms with E-state index in [1.807, 2.05) is 38.1 Å². The fraction of sp³-hybridized carbons (Fsp3) is 0.208. The van der Waals surface area contributed by atoms with Crippen LogP contribution in [0, 0.1) is 6.92 Å². The van der Waals surface area contributed by atoms with Crippen molar-refractivity contribution < 1.29 is 13.2 Å². The summed E-state index contributed by atoms with van der Waals surface area (Å²) < 4.78 is 28.8. The van der Waals surface area contributed by atoms with E-state index in [-0.39, 0.29) is 24.0 Å². The Balaban J connectivity index is 1.84. The molecule has 3 aromatic carbocycles. The Kier molecular flexibility index (Phi) is 8.11. The van der Waals surface area contributed by atoms with Gasteiger partial charge in [-0.05, 0) is 61.4 Å². The van der Waals surface area contributed by atoms with Crippen LogP contribution in [0.4, 0.5) is 0 Å². The van der Waals surface area contributed by atoms with Crippen molar-refractivity contribution in [3.8, 4) is 0 Å². The second kappa shape index (κ2) is 10.6. The molecule has 3 aromatic rings. The molecule has 3 rings (SSSR count). The van der Waals surface area contributed by atoms with Crippen LogP contribution < -0.4 is 5.32 Å². The van der Waals surface area contributed by atoms with Crippen molar-refractivity contribution in [2.45, 2.75) is 31.3 Å². The van der Waals surface area contributed by atoms with E-state index >= 15 is 0 Å². The third-order valence-corrected chi connectivity index (χ3v) is 7.49. The van der Waals surface area contributed by atoms with E-state index in [2.05, 4.69) is 21.2 Å². The van der Waals surface area contributed by atoms with Gasteiger partial charge in [-0.2, -0.15) is 4.31 Å². The largest absolute Gasteiger partial charge is 0.348 e. The summed E-state index contributed by atoms with van der Waals surface area (Å²) in [4.78, 5) is 13.0. The summed E-state index contributed by atoms with van der Waals surface area (Å²) >= 11 is 9.51. The molecule has 0 saturated heterocycles. The lowest BCUT2D eigenvalue weighted by Crippen LogP contribution is -2.41. The first-order valence-electron chi connectivity index (χ1n) is 10.0. The number of rotatable bonds is 8. The van der Waals surface area contributed by atoms with Gasteiger partial charge in [-0.1, -0.05) is 69.5 Å². The van der Waals surface area contributed by atoms with E-state index in [9.17, 15) is 13.2 Å². The fourth-order valence-electron chi connectivity index (χ4n) is 3.23. The molecule has 0 aliphatic carbocycles. The summed E-state index contributed by atoms with van der Waals surface area (Å²) in [5, 5.41) is 3.39. The van der Waals surface area contributed by atoms with Gasteiger partial charge in [-0.15, -0.1) is 0 Å². The van der Waals surface area contributed by atoms with Crippen LogP contribution in [0.15, 0.2) is 82.2 Å². The van der Waals surface area contributed by atoms with Gasteiger partial charge in [0, 0.05) is 16.0 Å². The summed E-state index contributed by atoms with van der Waals surface area (Å²) in [5.74, 6) is -0.393. The maximum Gasteiger partial charge on any atom is 0.243 e. The van der Waals surface area contributed by atoms with E-state index < -0.39 is 15.9 Å². The summed E-state index contributed by atoms with van der Waals surface area (Å²) in [6.07, 6.45) is 0. The molecule has 1 amide bonds. The summed E-state index contributed by atoms with van der Waals surface area (Å²) in [6.45, 7) is 3.45. The number of hydrogen-bond acceptors (Lipinski definition) is 3. The molecule has 0 aliphatic rings. The van der Waals surface area contributed by atoms with Gasteiger partial charge < -0.3 is 5.32 Å². The number of aryl methyl sites for hydroxylation is 1. The molecular weight excluding hydrogens is 512 g/mol. The molecule has 0 aliphatic heterocycles. The second-order valence-electron chi connectivity index (χ2n) is 7.56. The molecule has 0 spiro atoms. The van der Waals surface area contributed by atoms with Crippen LogP contribution in [0.3, 0.4) is 0 Å². The number of carbonyl (C=O) groups excluding carboxylic acids is 1. The average molecular weight is 536 g/mol. The van der Waals surface area contributed by atoms with Gasteiger partial charge in [0.25, 0.3) is 0 Å². The number of amides is 1. The van der Waals surface area contributed by atoms with Crippen molar-refractivity contribution in [3.63, 3.8) is 0 Å². The predicted molar refractivity (Wildman–Crippen MR) is 131 cm³/mol. The molecule has 1 atom stereocenters. The molecule has 0 fully saturated rings. The van der Waals surface area contributed by atoms with Crippen molar-refractivity contribution in [2.24, 2.45) is 0 Å². The Labute approximate surface area is 202 Å². The van der Waals surface area contributed by atoms with Gasteiger partial charge in [0.05, 0.1) is 17.5 Å². The van der Waals surface area contributed by atoms with Gasteiger partial charge in [-0.3, -0.25) is 4.79 Å². The Bertz CT molecular complexity index is 1200. The number of nitrogens with zero attached hydrogens (tertiary/aromatic N) is 1. The molecule has 5 nitrogen and oxygen atoms in total. The van der Waals surface area contributed by atoms with Crippen LogP contribution in [0.25, 0.3) is 0 Å². The number of sulfonamides is 1. The first-order chi connectivity index (χ1) is 15.1. The highest BCUT2D eigenvalue weighted by Crippen LogP contribution is 2.21. The Morgan fingerprint density at radius 1 is 1.06 bits per heavy atom. The topological polar surface area (TPSA) is 66.5 Å². The van der Waals surface area contributed by atoms with Crippen LogP contribution >= 0.6 is 27.5 Å². The Morgan fingerprint density at radius 3 is 2.41 bits per heavy atom. The molecule has 8 heteroatoms. The Morgan fingerprint density at radius 2 is 1.75 bits per heavy atom. The quantitative estimate of drug-likeness (QED) is 0.415. The van der Waals surface area contributed by atoms with Gasteiger partial charge in [0.15, 0.2) is 0 Å². The third-order valence-electron chi connectivity index (χ3n) is 4.95. The molecule has 0 aromatic heterocycles. The molecule has 0 radical (unpaired) electrons. The smallest absolute Gasteiger partial charge is 0.243 e. The number of hydrogen-bond donors (Lipinski definition) is 1. The second-order valence-corrected chi connectivity index (χ2v) is 10.9. The number of benzene rings is 3. The van der Waals surface area contributed by atoms with Gasteiger partial charge in [-0.25, -0.2) is 8.42 Å². The SMILES string of the molecule is Cc1ccc(S(=O)(=O)N(CC(=O)N[C@H](C)c2cccc(Br)c2)Cc2cccc(Cl)c2)cc1. The van der Waals surface area contributed by atoms with Gasteiger partial charge in [0.1, 0.15) is 0 Å². The fourth-order valence-corrected chi connectivity index (χ4v) is 5.24. The third kappa shape index (κ3) is 6.42. The first-order valence-corrected chi connectivity index (χ1v) is 12.6. The van der Waals surface area contributed by atoms with Crippen molar-refractivity contribution in [1.82, 2.24) is 9.62 Å². The maximum atomic E-state index is 13.4. The van der Waals surface area contributed by atoms with Crippen molar-refractivity contribution in [1.29, 1.82) is 0 Å². The lowest BCUT2D eigenvalue weighted by atomic mass is 10.1. The minimum absolute atomic E-state index is 0.0233. The van der Waals surface area contributed by atoms with Crippen LogP contribution in [-0.4, -0.2) is 25.2 Å². The maximum absolute atomic E-state index is 13.4.